The average Bonchev–Trinajstić information content (AvgIpc) is 1.60. The van der Waals surface area contributed by atoms with Gasteiger partial charge in [-0.3, -0.25) is 0 Å². The monoisotopic (exact) mass is 143 g/mol. The second kappa shape index (κ2) is 3.13. The third kappa shape index (κ3) is 2.46. The zero-order valence-corrected chi connectivity index (χ0v) is 7.97. The molecule has 0 saturated heterocycles. The summed E-state index contributed by atoms with van der Waals surface area (Å²) in [5.74, 6) is 0. The van der Waals surface area contributed by atoms with Gasteiger partial charge in [-0.05, 0) is 19.0 Å². The predicted octanol–water partition coefficient (Wildman–Crippen LogP) is 2.29. The van der Waals surface area contributed by atoms with Gasteiger partial charge in [0.1, 0.15) is 0 Å². The van der Waals surface area contributed by atoms with E-state index < -0.39 is 0 Å². The van der Waals surface area contributed by atoms with Crippen LogP contribution in [-0.2, 0) is 0 Å². The van der Waals surface area contributed by atoms with Crippen LogP contribution in [-0.4, -0.2) is 23.3 Å². The minimum Gasteiger partial charge on any atom is -0.121 e. The zero-order chi connectivity index (χ0) is 8.36. The normalized spacial score (nSPS) is 14.5. The summed E-state index contributed by atoms with van der Waals surface area (Å²) in [5.41, 5.74) is 0.156. The van der Waals surface area contributed by atoms with Gasteiger partial charge < -0.3 is 0 Å². The van der Waals surface area contributed by atoms with Crippen molar-refractivity contribution < 1.29 is 4.70 Å². The fourth-order valence-electron chi connectivity index (χ4n) is 1.31. The first-order chi connectivity index (χ1) is 4.39. The molecule has 0 N–H and O–H groups in total. The molecule has 0 aliphatic rings. The van der Waals surface area contributed by atoms with E-state index in [4.69, 9.17) is 0 Å². The van der Waals surface area contributed by atoms with Crippen molar-refractivity contribution in [3.8, 4) is 0 Å². The van der Waals surface area contributed by atoms with Crippen LogP contribution in [0.15, 0.2) is 5.11 Å². The highest BCUT2D eigenvalue weighted by Gasteiger charge is 2.27. The van der Waals surface area contributed by atoms with Crippen LogP contribution in [0.25, 0.3) is 0 Å². The molecule has 0 heterocycles. The molecular weight excluding hydrogens is 124 g/mol. The molecule has 0 bridgehead atoms. The van der Waals surface area contributed by atoms with E-state index in [-0.39, 0.29) is 5.54 Å². The van der Waals surface area contributed by atoms with E-state index in [1.54, 1.807) is 0 Å². The Morgan fingerprint density at radius 1 is 1.20 bits per heavy atom. The summed E-state index contributed by atoms with van der Waals surface area (Å²) in [4.78, 5) is 0. The molecular formula is C8H19N2+. The Labute approximate surface area is 64.0 Å². The SMILES string of the molecule is CN=[N+](C(C)C)C(C)(C)C. The minimum atomic E-state index is 0.156. The highest BCUT2D eigenvalue weighted by atomic mass is 15.3. The Morgan fingerprint density at radius 3 is 1.60 bits per heavy atom. The fourth-order valence-corrected chi connectivity index (χ4v) is 1.31. The summed E-state index contributed by atoms with van der Waals surface area (Å²) in [7, 11) is 1.84. The summed E-state index contributed by atoms with van der Waals surface area (Å²) in [6.07, 6.45) is 0. The van der Waals surface area contributed by atoms with Gasteiger partial charge in [-0.2, -0.15) is 0 Å². The average molecular weight is 143 g/mol. The van der Waals surface area contributed by atoms with E-state index >= 15 is 0 Å². The van der Waals surface area contributed by atoms with Crippen LogP contribution >= 0.6 is 0 Å². The second-order valence-electron chi connectivity index (χ2n) is 3.81. The molecule has 0 unspecified atom stereocenters. The number of hydrogen-bond acceptors (Lipinski definition) is 1. The first-order valence-electron chi connectivity index (χ1n) is 3.78. The van der Waals surface area contributed by atoms with Crippen LogP contribution in [0.4, 0.5) is 0 Å². The van der Waals surface area contributed by atoms with Gasteiger partial charge in [0.05, 0.1) is 7.05 Å². The molecule has 0 saturated carbocycles. The van der Waals surface area contributed by atoms with Gasteiger partial charge in [-0.1, -0.05) is 0 Å². The van der Waals surface area contributed by atoms with Crippen molar-refractivity contribution in [3.63, 3.8) is 0 Å². The lowest BCUT2D eigenvalue weighted by Crippen LogP contribution is -2.36. The van der Waals surface area contributed by atoms with E-state index in [0.29, 0.717) is 6.04 Å². The Bertz CT molecular complexity index is 129. The van der Waals surface area contributed by atoms with Gasteiger partial charge in [0.2, 0.25) is 0 Å². The summed E-state index contributed by atoms with van der Waals surface area (Å²) in [6, 6.07) is 0.491. The maximum Gasteiger partial charge on any atom is 0.179 e. The Balaban J connectivity index is 4.40. The van der Waals surface area contributed by atoms with Gasteiger partial charge in [0, 0.05) is 20.8 Å². The fraction of sp³-hybridized carbons (Fsp3) is 1.00. The van der Waals surface area contributed by atoms with Crippen LogP contribution in [0, 0.1) is 0 Å². The lowest BCUT2D eigenvalue weighted by molar-refractivity contribution is -0.680. The largest absolute Gasteiger partial charge is 0.179 e. The lowest BCUT2D eigenvalue weighted by atomic mass is 10.1. The summed E-state index contributed by atoms with van der Waals surface area (Å²) >= 11 is 0. The topological polar surface area (TPSA) is 15.4 Å². The van der Waals surface area contributed by atoms with Crippen molar-refractivity contribution in [2.24, 2.45) is 5.11 Å². The Kier molecular flexibility index (Phi) is 3.00. The third-order valence-electron chi connectivity index (χ3n) is 1.39. The van der Waals surface area contributed by atoms with Crippen LogP contribution < -0.4 is 0 Å². The molecule has 0 fully saturated rings. The van der Waals surface area contributed by atoms with Crippen LogP contribution in [0.1, 0.15) is 34.6 Å². The zero-order valence-electron chi connectivity index (χ0n) is 7.97. The van der Waals surface area contributed by atoms with Crippen molar-refractivity contribution in [1.82, 2.24) is 0 Å². The second-order valence-corrected chi connectivity index (χ2v) is 3.81. The summed E-state index contributed by atoms with van der Waals surface area (Å²) in [5, 5.41) is 4.19. The van der Waals surface area contributed by atoms with Crippen LogP contribution in [0.2, 0.25) is 0 Å². The molecule has 0 aromatic heterocycles. The molecule has 2 nitrogen and oxygen atoms in total. The molecule has 0 aliphatic carbocycles. The lowest BCUT2D eigenvalue weighted by Gasteiger charge is -2.16. The molecule has 0 atom stereocenters. The molecule has 0 radical (unpaired) electrons. The number of azo groups is 2. The minimum absolute atomic E-state index is 0.156. The van der Waals surface area contributed by atoms with E-state index in [1.165, 1.54) is 0 Å². The molecule has 60 valence electrons. The van der Waals surface area contributed by atoms with Gasteiger partial charge in [0.25, 0.3) is 0 Å². The standard InChI is InChI=1S/C8H19N2/c1-7(2)10(9-6)8(3,4)5/h7H,1-6H3/q+1. The maximum atomic E-state index is 4.19. The number of hydrogen-bond donors (Lipinski definition) is 0. The maximum absolute atomic E-state index is 4.19. The molecule has 2 heteroatoms. The van der Waals surface area contributed by atoms with Crippen molar-refractivity contribution in [3.05, 3.63) is 0 Å². The highest BCUT2D eigenvalue weighted by molar-refractivity contribution is 4.56. The van der Waals surface area contributed by atoms with E-state index in [9.17, 15) is 0 Å². The van der Waals surface area contributed by atoms with Gasteiger partial charge in [-0.15, -0.1) is 4.70 Å². The summed E-state index contributed by atoms with van der Waals surface area (Å²) < 4.78 is 2.10. The third-order valence-corrected chi connectivity index (χ3v) is 1.39. The van der Waals surface area contributed by atoms with Crippen molar-refractivity contribution in [2.45, 2.75) is 46.2 Å². The van der Waals surface area contributed by atoms with Crippen molar-refractivity contribution in [1.29, 1.82) is 0 Å². The first kappa shape index (κ1) is 9.60. The van der Waals surface area contributed by atoms with Gasteiger partial charge >= 0.3 is 0 Å². The van der Waals surface area contributed by atoms with Crippen molar-refractivity contribution in [2.75, 3.05) is 7.05 Å². The molecule has 0 aliphatic heterocycles. The first-order valence-corrected chi connectivity index (χ1v) is 3.78. The molecule has 10 heavy (non-hydrogen) atoms. The molecule has 0 aromatic rings. The van der Waals surface area contributed by atoms with Gasteiger partial charge in [0.15, 0.2) is 11.6 Å². The van der Waals surface area contributed by atoms with Crippen LogP contribution in [0.3, 0.4) is 0 Å². The smallest absolute Gasteiger partial charge is 0.121 e. The van der Waals surface area contributed by atoms with Crippen LogP contribution in [0.5, 0.6) is 0 Å². The van der Waals surface area contributed by atoms with E-state index in [0.717, 1.165) is 0 Å². The molecule has 0 rings (SSSR count). The predicted molar refractivity (Wildman–Crippen MR) is 43.5 cm³/mol. The van der Waals surface area contributed by atoms with Crippen molar-refractivity contribution >= 4 is 0 Å². The number of rotatable bonds is 1. The van der Waals surface area contributed by atoms with Gasteiger partial charge in [-0.25, -0.2) is 0 Å². The van der Waals surface area contributed by atoms with E-state index in [2.05, 4.69) is 44.4 Å². The highest BCUT2D eigenvalue weighted by Crippen LogP contribution is 2.10. The Hall–Kier alpha value is -0.400. The molecule has 0 amide bonds. The number of nitrogens with zero attached hydrogens (tertiary/aromatic N) is 2. The summed E-state index contributed by atoms with van der Waals surface area (Å²) in [6.45, 7) is 10.8. The quantitative estimate of drug-likeness (QED) is 0.395. The molecule has 0 aromatic carbocycles. The Morgan fingerprint density at radius 2 is 1.60 bits per heavy atom. The van der Waals surface area contributed by atoms with E-state index in [1.807, 2.05) is 7.05 Å². The molecule has 0 spiro atoms.